The predicted molar refractivity (Wildman–Crippen MR) is 191 cm³/mol. The van der Waals surface area contributed by atoms with Gasteiger partial charge in [0.1, 0.15) is 17.0 Å². The third kappa shape index (κ3) is 4.69. The topological polar surface area (TPSA) is 121 Å². The van der Waals surface area contributed by atoms with Crippen LogP contribution >= 0.6 is 34.8 Å². The molecule has 3 fully saturated rings. The number of hydrogen-bond donors (Lipinski definition) is 1. The highest BCUT2D eigenvalue weighted by Crippen LogP contribution is 2.67. The van der Waals surface area contributed by atoms with Crippen molar-refractivity contribution in [3.05, 3.63) is 118 Å². The van der Waals surface area contributed by atoms with Crippen LogP contribution in [0.2, 0.25) is 5.02 Å². The zero-order chi connectivity index (χ0) is 39.7. The number of allylic oxidation sites excluding steroid dienone is 2. The van der Waals surface area contributed by atoms with E-state index in [-0.39, 0.29) is 33.2 Å². The van der Waals surface area contributed by atoms with Crippen LogP contribution in [0.5, 0.6) is 5.75 Å². The second kappa shape index (κ2) is 12.3. The first-order chi connectivity index (χ1) is 26.6. The third-order valence-corrected chi connectivity index (χ3v) is 12.8. The van der Waals surface area contributed by atoms with Gasteiger partial charge in [0.2, 0.25) is 23.5 Å². The number of alkyl halides is 2. The average Bonchev–Trinajstić information content (AvgIpc) is 3.78. The molecule has 2 aliphatic heterocycles. The third-order valence-electron chi connectivity index (χ3n) is 11.2. The monoisotopic (exact) mass is 827 g/mol. The van der Waals surface area contributed by atoms with Crippen molar-refractivity contribution in [3.63, 3.8) is 0 Å². The molecule has 4 aliphatic rings. The van der Waals surface area contributed by atoms with E-state index in [0.29, 0.717) is 22.6 Å². The molecular formula is C39H21Cl3F5N3O6. The van der Waals surface area contributed by atoms with E-state index < -0.39 is 104 Å². The highest BCUT2D eigenvalue weighted by molar-refractivity contribution is 6.58. The van der Waals surface area contributed by atoms with Gasteiger partial charge in [-0.1, -0.05) is 35.4 Å². The number of anilines is 2. The number of carbonyl (C=O) groups excluding carboxylic acids is 4. The first kappa shape index (κ1) is 36.3. The highest BCUT2D eigenvalue weighted by Gasteiger charge is 2.77. The van der Waals surface area contributed by atoms with Crippen LogP contribution in [-0.2, 0) is 19.2 Å². The Morgan fingerprint density at radius 2 is 1.45 bits per heavy atom. The molecule has 1 aromatic heterocycles. The number of hydrogen-bond acceptors (Lipinski definition) is 7. The number of nitrogens with zero attached hydrogens (tertiary/aromatic N) is 3. The van der Waals surface area contributed by atoms with Gasteiger partial charge in [-0.05, 0) is 73.4 Å². The van der Waals surface area contributed by atoms with Gasteiger partial charge in [-0.25, -0.2) is 31.8 Å². The van der Waals surface area contributed by atoms with E-state index in [1.54, 1.807) is 36.4 Å². The number of oxazole rings is 1. The van der Waals surface area contributed by atoms with Crippen molar-refractivity contribution in [1.29, 1.82) is 0 Å². The largest absolute Gasteiger partial charge is 0.508 e. The van der Waals surface area contributed by atoms with E-state index in [4.69, 9.17) is 39.2 Å². The first-order valence-electron chi connectivity index (χ1n) is 16.9. The van der Waals surface area contributed by atoms with Crippen LogP contribution in [0.1, 0.15) is 24.3 Å². The molecule has 56 heavy (non-hydrogen) atoms. The standard InChI is InChI=1S/C39H21Cl3F5N3O6/c40-16-7-12-23(51)20(13-16)26-18-10-11-19-25(35(53)49(34(19)52)17-8-5-15(6-9-17)33-48-22-3-1-2-4-24(22)56-33)21(18)14-38(41)36(54)50(37(55)39(26,38)42)32-30(46)28(44)27(43)29(45)31(32)47/h1-10,12-13,19,21,25-26,51H,11,14H2. The molecule has 0 spiro atoms. The summed E-state index contributed by atoms with van der Waals surface area (Å²) in [5.74, 6) is -22.4. The van der Waals surface area contributed by atoms with Crippen LogP contribution in [0.3, 0.4) is 0 Å². The number of rotatable bonds is 4. The van der Waals surface area contributed by atoms with Crippen molar-refractivity contribution in [3.8, 4) is 17.2 Å². The van der Waals surface area contributed by atoms with Crippen LogP contribution in [0, 0.1) is 46.8 Å². The van der Waals surface area contributed by atoms with Gasteiger partial charge in [-0.3, -0.25) is 24.1 Å². The van der Waals surface area contributed by atoms with E-state index in [1.807, 2.05) is 0 Å². The average molecular weight is 829 g/mol. The maximum Gasteiger partial charge on any atom is 0.258 e. The summed E-state index contributed by atoms with van der Waals surface area (Å²) in [4.78, 5) is 56.9. The van der Waals surface area contributed by atoms with Crippen LogP contribution in [0.4, 0.5) is 33.3 Å². The minimum absolute atomic E-state index is 0.00244. The summed E-state index contributed by atoms with van der Waals surface area (Å²) < 4.78 is 79.5. The zero-order valence-electron chi connectivity index (χ0n) is 28.0. The maximum atomic E-state index is 15.3. The Bertz CT molecular complexity index is 2590. The molecule has 1 saturated carbocycles. The molecule has 9 nitrogen and oxygen atoms in total. The Morgan fingerprint density at radius 3 is 2.12 bits per heavy atom. The normalized spacial score (nSPS) is 27.2. The Labute approximate surface area is 326 Å². The van der Waals surface area contributed by atoms with E-state index in [9.17, 15) is 37.5 Å². The summed E-state index contributed by atoms with van der Waals surface area (Å²) in [6.45, 7) is 0. The minimum atomic E-state index is -2.81. The molecule has 4 amide bonds. The predicted octanol–water partition coefficient (Wildman–Crippen LogP) is 8.32. The van der Waals surface area contributed by atoms with Crippen molar-refractivity contribution in [1.82, 2.24) is 4.98 Å². The van der Waals surface area contributed by atoms with Gasteiger partial charge < -0.3 is 9.52 Å². The van der Waals surface area contributed by atoms with Crippen LogP contribution in [0.25, 0.3) is 22.6 Å². The Balaban J connectivity index is 1.15. The van der Waals surface area contributed by atoms with Crippen molar-refractivity contribution in [2.24, 2.45) is 17.8 Å². The highest BCUT2D eigenvalue weighted by atomic mass is 35.5. The second-order valence-electron chi connectivity index (χ2n) is 13.9. The Kier molecular flexibility index (Phi) is 8.01. The van der Waals surface area contributed by atoms with E-state index in [1.165, 1.54) is 30.3 Å². The second-order valence-corrected chi connectivity index (χ2v) is 15.6. The van der Waals surface area contributed by atoms with Crippen molar-refractivity contribution < 1.29 is 50.7 Å². The van der Waals surface area contributed by atoms with Crippen molar-refractivity contribution in [2.45, 2.75) is 28.5 Å². The maximum absolute atomic E-state index is 15.3. The number of imide groups is 2. The summed E-state index contributed by atoms with van der Waals surface area (Å²) in [5.41, 5.74) is -0.0391. The Hall–Kier alpha value is -5.31. The summed E-state index contributed by atoms with van der Waals surface area (Å²) in [5, 5.41) is 11.1. The van der Waals surface area contributed by atoms with Gasteiger partial charge in [0.05, 0.1) is 17.5 Å². The molecule has 2 saturated heterocycles. The molecule has 1 N–H and O–H groups in total. The van der Waals surface area contributed by atoms with Gasteiger partial charge in [0.15, 0.2) is 38.6 Å². The van der Waals surface area contributed by atoms with E-state index >= 15 is 8.78 Å². The van der Waals surface area contributed by atoms with Gasteiger partial charge >= 0.3 is 0 Å². The number of phenolic OH excluding ortho intramolecular Hbond substituents is 1. The molecule has 17 heteroatoms. The molecule has 9 rings (SSSR count). The number of para-hydroxylation sites is 2. The lowest BCUT2D eigenvalue weighted by Gasteiger charge is -2.50. The molecule has 2 aliphatic carbocycles. The summed E-state index contributed by atoms with van der Waals surface area (Å²) in [6, 6.07) is 17.0. The molecule has 0 bridgehead atoms. The lowest BCUT2D eigenvalue weighted by Crippen LogP contribution is -2.60. The number of carbonyl (C=O) groups is 4. The number of benzene rings is 4. The molecular weight excluding hydrogens is 808 g/mol. The summed E-state index contributed by atoms with van der Waals surface area (Å²) in [6.07, 6.45) is 0.715. The molecule has 3 heterocycles. The van der Waals surface area contributed by atoms with Gasteiger partial charge in [0.25, 0.3) is 11.8 Å². The fraction of sp³-hybridized carbons (Fsp3) is 0.205. The lowest BCUT2D eigenvalue weighted by atomic mass is 9.56. The van der Waals surface area contributed by atoms with Crippen LogP contribution < -0.4 is 9.80 Å². The Morgan fingerprint density at radius 1 is 0.786 bits per heavy atom. The SMILES string of the molecule is O=C1C2CC=C3C(CC4(Cl)C(=O)N(c5c(F)c(F)c(F)c(F)c5F)C(=O)C4(Cl)C3c3cc(Cl)ccc3O)C2C(=O)N1c1ccc(-c2nc3ccccc3o2)cc1. The summed E-state index contributed by atoms with van der Waals surface area (Å²) >= 11 is 20.6. The zero-order valence-corrected chi connectivity index (χ0v) is 30.3. The van der Waals surface area contributed by atoms with Crippen LogP contribution in [-0.4, -0.2) is 43.5 Å². The molecule has 284 valence electrons. The molecule has 6 atom stereocenters. The lowest BCUT2D eigenvalue weighted by molar-refractivity contribution is -0.125. The van der Waals surface area contributed by atoms with Crippen molar-refractivity contribution >= 4 is 80.9 Å². The number of phenols is 1. The quantitative estimate of drug-likeness (QED) is 0.0483. The smallest absolute Gasteiger partial charge is 0.258 e. The van der Waals surface area contributed by atoms with Gasteiger partial charge in [-0.15, -0.1) is 23.2 Å². The number of aromatic nitrogens is 1. The van der Waals surface area contributed by atoms with Gasteiger partial charge in [-0.2, -0.15) is 0 Å². The van der Waals surface area contributed by atoms with E-state index in [2.05, 4.69) is 4.98 Å². The molecule has 4 aromatic carbocycles. The first-order valence-corrected chi connectivity index (χ1v) is 18.0. The van der Waals surface area contributed by atoms with E-state index in [0.717, 1.165) is 11.0 Å². The number of amides is 4. The molecule has 0 radical (unpaired) electrons. The summed E-state index contributed by atoms with van der Waals surface area (Å²) in [7, 11) is 0. The molecule has 6 unspecified atom stereocenters. The van der Waals surface area contributed by atoms with Gasteiger partial charge in [0, 0.05) is 22.1 Å². The fourth-order valence-electron chi connectivity index (χ4n) is 8.67. The number of halogens is 8. The van der Waals surface area contributed by atoms with Crippen molar-refractivity contribution in [2.75, 3.05) is 9.80 Å². The molecule has 5 aromatic rings. The minimum Gasteiger partial charge on any atom is -0.508 e. The van der Waals surface area contributed by atoms with Crippen LogP contribution in [0.15, 0.2) is 82.8 Å². The fourth-order valence-corrected chi connectivity index (χ4v) is 9.78. The number of aromatic hydroxyl groups is 1. The number of fused-ring (bicyclic) bond motifs is 5.